The van der Waals surface area contributed by atoms with Crippen molar-refractivity contribution in [2.45, 2.75) is 19.4 Å². The molecule has 0 saturated carbocycles. The second-order valence-electron chi connectivity index (χ2n) is 3.93. The average molecular weight is 217 g/mol. The van der Waals surface area contributed by atoms with E-state index >= 15 is 0 Å². The van der Waals surface area contributed by atoms with Crippen LogP contribution in [0.2, 0.25) is 0 Å². The van der Waals surface area contributed by atoms with Crippen LogP contribution < -0.4 is 0 Å². The summed E-state index contributed by atoms with van der Waals surface area (Å²) >= 11 is 0. The van der Waals surface area contributed by atoms with Crippen LogP contribution in [0.5, 0.6) is 0 Å². The molecule has 0 fully saturated rings. The molecule has 0 aliphatic carbocycles. The second kappa shape index (κ2) is 4.45. The molecule has 2 rings (SSSR count). The predicted octanol–water partition coefficient (Wildman–Crippen LogP) is 1.40. The van der Waals surface area contributed by atoms with E-state index in [4.69, 9.17) is 0 Å². The molecule has 4 heteroatoms. The quantitative estimate of drug-likeness (QED) is 0.845. The Hall–Kier alpha value is -1.68. The van der Waals surface area contributed by atoms with Crippen molar-refractivity contribution in [3.05, 3.63) is 47.5 Å². The fourth-order valence-electron chi connectivity index (χ4n) is 1.71. The van der Waals surface area contributed by atoms with E-state index in [9.17, 15) is 5.11 Å². The van der Waals surface area contributed by atoms with Crippen molar-refractivity contribution in [1.29, 1.82) is 0 Å². The molecule has 0 radical (unpaired) electrons. The minimum absolute atomic E-state index is 0.521. The van der Waals surface area contributed by atoms with Gasteiger partial charge >= 0.3 is 0 Å². The van der Waals surface area contributed by atoms with Gasteiger partial charge in [0.15, 0.2) is 0 Å². The zero-order chi connectivity index (χ0) is 11.5. The largest absolute Gasteiger partial charge is 0.388 e. The van der Waals surface area contributed by atoms with Gasteiger partial charge in [0.05, 0.1) is 11.8 Å². The van der Waals surface area contributed by atoms with Crippen LogP contribution in [-0.4, -0.2) is 19.9 Å². The van der Waals surface area contributed by atoms with Gasteiger partial charge in [-0.1, -0.05) is 0 Å². The molecule has 1 atom stereocenters. The van der Waals surface area contributed by atoms with Crippen LogP contribution in [0.1, 0.15) is 22.9 Å². The van der Waals surface area contributed by atoms with E-state index in [1.807, 2.05) is 32.3 Å². The molecule has 0 saturated heterocycles. The van der Waals surface area contributed by atoms with E-state index in [-0.39, 0.29) is 0 Å². The van der Waals surface area contributed by atoms with Gasteiger partial charge in [0.1, 0.15) is 0 Å². The van der Waals surface area contributed by atoms with Gasteiger partial charge in [0.2, 0.25) is 0 Å². The molecule has 1 N–H and O–H groups in total. The molecule has 0 aliphatic heterocycles. The maximum absolute atomic E-state index is 10.1. The first-order valence-electron chi connectivity index (χ1n) is 5.24. The molecule has 2 heterocycles. The summed E-state index contributed by atoms with van der Waals surface area (Å²) in [5.41, 5.74) is 2.81. The van der Waals surface area contributed by atoms with E-state index in [1.165, 1.54) is 0 Å². The van der Waals surface area contributed by atoms with Crippen molar-refractivity contribution in [3.63, 3.8) is 0 Å². The normalized spacial score (nSPS) is 12.7. The highest BCUT2D eigenvalue weighted by Gasteiger charge is 2.12. The minimum atomic E-state index is -0.538. The fraction of sp³-hybridized carbons (Fsp3) is 0.333. The molecular weight excluding hydrogens is 202 g/mol. The smallest absolute Gasteiger partial charge is 0.0863 e. The first kappa shape index (κ1) is 10.8. The topological polar surface area (TPSA) is 50.9 Å². The van der Waals surface area contributed by atoms with Crippen LogP contribution >= 0.6 is 0 Å². The van der Waals surface area contributed by atoms with Crippen LogP contribution in [0.25, 0.3) is 0 Å². The highest BCUT2D eigenvalue weighted by atomic mass is 16.3. The third kappa shape index (κ3) is 2.28. The van der Waals surface area contributed by atoms with Crippen molar-refractivity contribution < 1.29 is 5.11 Å². The summed E-state index contributed by atoms with van der Waals surface area (Å²) in [5, 5.41) is 14.3. The lowest BCUT2D eigenvalue weighted by Crippen LogP contribution is -2.05. The molecule has 1 unspecified atom stereocenters. The third-order valence-corrected chi connectivity index (χ3v) is 2.61. The Bertz CT molecular complexity index is 479. The Morgan fingerprint density at radius 2 is 2.25 bits per heavy atom. The van der Waals surface area contributed by atoms with E-state index in [0.29, 0.717) is 6.42 Å². The van der Waals surface area contributed by atoms with Crippen LogP contribution in [0, 0.1) is 6.92 Å². The van der Waals surface area contributed by atoms with Gasteiger partial charge in [-0.3, -0.25) is 9.67 Å². The number of hydrogen-bond acceptors (Lipinski definition) is 3. The lowest BCUT2D eigenvalue weighted by Gasteiger charge is -2.11. The first-order chi connectivity index (χ1) is 7.66. The molecule has 0 bridgehead atoms. The van der Waals surface area contributed by atoms with E-state index in [2.05, 4.69) is 10.1 Å². The summed E-state index contributed by atoms with van der Waals surface area (Å²) in [4.78, 5) is 4.03. The van der Waals surface area contributed by atoms with Crippen LogP contribution in [0.15, 0.2) is 30.7 Å². The summed E-state index contributed by atoms with van der Waals surface area (Å²) in [6, 6.07) is 3.81. The minimum Gasteiger partial charge on any atom is -0.388 e. The number of rotatable bonds is 3. The van der Waals surface area contributed by atoms with Gasteiger partial charge in [-0.05, 0) is 24.6 Å². The Labute approximate surface area is 94.6 Å². The van der Waals surface area contributed by atoms with Gasteiger partial charge in [-0.25, -0.2) is 0 Å². The molecule has 4 nitrogen and oxygen atoms in total. The van der Waals surface area contributed by atoms with Crippen molar-refractivity contribution >= 4 is 0 Å². The van der Waals surface area contributed by atoms with E-state index < -0.39 is 6.10 Å². The molecule has 0 aliphatic rings. The molecule has 0 aromatic carbocycles. The lowest BCUT2D eigenvalue weighted by atomic mass is 10.0. The summed E-state index contributed by atoms with van der Waals surface area (Å²) < 4.78 is 1.73. The molecule has 2 aromatic rings. The fourth-order valence-corrected chi connectivity index (χ4v) is 1.71. The Balaban J connectivity index is 2.14. The zero-order valence-corrected chi connectivity index (χ0v) is 9.46. The highest BCUT2D eigenvalue weighted by molar-refractivity contribution is 5.24. The molecular formula is C12H15N3O. The number of aryl methyl sites for hydroxylation is 2. The average Bonchev–Trinajstić information content (AvgIpc) is 2.64. The molecule has 16 heavy (non-hydrogen) atoms. The SMILES string of the molecule is Cc1ccncc1C(O)Cc1ccn(C)n1. The monoisotopic (exact) mass is 217 g/mol. The van der Waals surface area contributed by atoms with Crippen LogP contribution in [0.3, 0.4) is 0 Å². The van der Waals surface area contributed by atoms with Gasteiger partial charge in [-0.15, -0.1) is 0 Å². The number of nitrogens with zero attached hydrogens (tertiary/aromatic N) is 3. The highest BCUT2D eigenvalue weighted by Crippen LogP contribution is 2.19. The molecule has 84 valence electrons. The van der Waals surface area contributed by atoms with Gasteiger partial charge in [0, 0.05) is 37.6 Å². The Morgan fingerprint density at radius 3 is 2.88 bits per heavy atom. The van der Waals surface area contributed by atoms with Gasteiger partial charge < -0.3 is 5.11 Å². The molecule has 2 aromatic heterocycles. The zero-order valence-electron chi connectivity index (χ0n) is 9.46. The van der Waals surface area contributed by atoms with Crippen molar-refractivity contribution in [1.82, 2.24) is 14.8 Å². The summed E-state index contributed by atoms with van der Waals surface area (Å²) in [7, 11) is 1.87. The van der Waals surface area contributed by atoms with Gasteiger partial charge in [-0.2, -0.15) is 5.10 Å². The van der Waals surface area contributed by atoms with Crippen molar-refractivity contribution in [2.75, 3.05) is 0 Å². The Morgan fingerprint density at radius 1 is 1.44 bits per heavy atom. The molecule has 0 amide bonds. The number of aliphatic hydroxyl groups excluding tert-OH is 1. The first-order valence-corrected chi connectivity index (χ1v) is 5.24. The summed E-state index contributed by atoms with van der Waals surface area (Å²) in [5.74, 6) is 0. The van der Waals surface area contributed by atoms with E-state index in [1.54, 1.807) is 17.1 Å². The number of hydrogen-bond donors (Lipinski definition) is 1. The number of pyridine rings is 1. The van der Waals surface area contributed by atoms with E-state index in [0.717, 1.165) is 16.8 Å². The summed E-state index contributed by atoms with van der Waals surface area (Å²) in [6.45, 7) is 1.97. The van der Waals surface area contributed by atoms with Gasteiger partial charge in [0.25, 0.3) is 0 Å². The number of aromatic nitrogens is 3. The second-order valence-corrected chi connectivity index (χ2v) is 3.93. The summed E-state index contributed by atoms with van der Waals surface area (Å²) in [6.07, 6.45) is 5.30. The van der Waals surface area contributed by atoms with Crippen molar-refractivity contribution in [3.8, 4) is 0 Å². The maximum Gasteiger partial charge on any atom is 0.0863 e. The van der Waals surface area contributed by atoms with Crippen LogP contribution in [-0.2, 0) is 13.5 Å². The standard InChI is InChI=1S/C12H15N3O/c1-9-3-5-13-8-11(9)12(16)7-10-4-6-15(2)14-10/h3-6,8,12,16H,7H2,1-2H3. The molecule has 0 spiro atoms. The van der Waals surface area contributed by atoms with Crippen molar-refractivity contribution in [2.24, 2.45) is 7.05 Å². The third-order valence-electron chi connectivity index (χ3n) is 2.61. The number of aliphatic hydroxyl groups is 1. The predicted molar refractivity (Wildman–Crippen MR) is 60.8 cm³/mol. The lowest BCUT2D eigenvalue weighted by molar-refractivity contribution is 0.176. The Kier molecular flexibility index (Phi) is 3.01. The van der Waals surface area contributed by atoms with Crippen LogP contribution in [0.4, 0.5) is 0 Å². The maximum atomic E-state index is 10.1.